The van der Waals surface area contributed by atoms with E-state index < -0.39 is 0 Å². The zero-order valence-corrected chi connectivity index (χ0v) is 19.6. The number of methoxy groups -OCH3 is 2. The van der Waals surface area contributed by atoms with E-state index in [4.69, 9.17) is 26.1 Å². The highest BCUT2D eigenvalue weighted by molar-refractivity contribution is 6.30. The molecule has 0 spiro atoms. The molecule has 0 radical (unpaired) electrons. The first kappa shape index (κ1) is 22.7. The van der Waals surface area contributed by atoms with Gasteiger partial charge in [-0.1, -0.05) is 41.9 Å². The van der Waals surface area contributed by atoms with Gasteiger partial charge in [-0.15, -0.1) is 0 Å². The molecule has 0 saturated carbocycles. The Bertz CT molecular complexity index is 1270. The van der Waals surface area contributed by atoms with Crippen molar-refractivity contribution in [3.05, 3.63) is 88.7 Å². The van der Waals surface area contributed by atoms with Crippen LogP contribution in [0.1, 0.15) is 29.9 Å². The van der Waals surface area contributed by atoms with Crippen LogP contribution in [0.25, 0.3) is 11.0 Å². The molecule has 0 bridgehead atoms. The molecule has 1 amide bonds. The summed E-state index contributed by atoms with van der Waals surface area (Å²) >= 11 is 6.05. The van der Waals surface area contributed by atoms with Crippen LogP contribution in [0.5, 0.6) is 11.5 Å². The molecule has 1 unspecified atom stereocenters. The molecule has 170 valence electrons. The molecule has 0 saturated heterocycles. The second-order valence-electron chi connectivity index (χ2n) is 7.83. The van der Waals surface area contributed by atoms with E-state index >= 15 is 0 Å². The minimum absolute atomic E-state index is 0.0974. The Hall–Kier alpha value is -3.51. The standard InChI is InChI=1S/C26H26ClN3O3/c1-17(28-25(31)15-19-10-13-23(32-2)24(14-19)33-3)26-29-21-6-4-5-7-22(21)30(26)16-18-8-11-20(27)12-9-18/h4-14,17H,15-16H2,1-3H3,(H,28,31). The number of imidazole rings is 1. The quantitative estimate of drug-likeness (QED) is 0.391. The maximum atomic E-state index is 12.8. The second kappa shape index (κ2) is 9.96. The van der Waals surface area contributed by atoms with Crippen molar-refractivity contribution in [1.29, 1.82) is 0 Å². The first-order chi connectivity index (χ1) is 16.0. The minimum Gasteiger partial charge on any atom is -0.493 e. The summed E-state index contributed by atoms with van der Waals surface area (Å²) < 4.78 is 12.8. The predicted molar refractivity (Wildman–Crippen MR) is 130 cm³/mol. The maximum Gasteiger partial charge on any atom is 0.224 e. The molecule has 1 aromatic heterocycles. The molecule has 0 aliphatic heterocycles. The van der Waals surface area contributed by atoms with E-state index in [-0.39, 0.29) is 18.4 Å². The van der Waals surface area contributed by atoms with Crippen molar-refractivity contribution in [3.63, 3.8) is 0 Å². The van der Waals surface area contributed by atoms with Gasteiger partial charge in [0.05, 0.1) is 37.7 Å². The summed E-state index contributed by atoms with van der Waals surface area (Å²) in [5, 5.41) is 3.79. The molecule has 4 rings (SSSR count). The van der Waals surface area contributed by atoms with Gasteiger partial charge in [0.25, 0.3) is 0 Å². The third kappa shape index (κ3) is 5.12. The van der Waals surface area contributed by atoms with Gasteiger partial charge in [-0.2, -0.15) is 0 Å². The third-order valence-electron chi connectivity index (χ3n) is 5.52. The first-order valence-electron chi connectivity index (χ1n) is 10.7. The molecule has 0 aliphatic carbocycles. The number of halogens is 1. The smallest absolute Gasteiger partial charge is 0.224 e. The van der Waals surface area contributed by atoms with Crippen LogP contribution >= 0.6 is 11.6 Å². The monoisotopic (exact) mass is 463 g/mol. The van der Waals surface area contributed by atoms with Crippen molar-refractivity contribution in [2.45, 2.75) is 25.9 Å². The van der Waals surface area contributed by atoms with Crippen molar-refractivity contribution in [3.8, 4) is 11.5 Å². The number of ether oxygens (including phenoxy) is 2. The van der Waals surface area contributed by atoms with Crippen molar-refractivity contribution in [1.82, 2.24) is 14.9 Å². The average Bonchev–Trinajstić information content (AvgIpc) is 3.19. The van der Waals surface area contributed by atoms with Crippen molar-refractivity contribution < 1.29 is 14.3 Å². The fourth-order valence-electron chi connectivity index (χ4n) is 3.90. The van der Waals surface area contributed by atoms with Gasteiger partial charge >= 0.3 is 0 Å². The number of hydrogen-bond donors (Lipinski definition) is 1. The van der Waals surface area contributed by atoms with E-state index in [2.05, 4.69) is 9.88 Å². The topological polar surface area (TPSA) is 65.4 Å². The van der Waals surface area contributed by atoms with Gasteiger partial charge < -0.3 is 19.4 Å². The molecular formula is C26H26ClN3O3. The second-order valence-corrected chi connectivity index (χ2v) is 8.26. The number of benzene rings is 3. The Morgan fingerprint density at radius 3 is 2.42 bits per heavy atom. The number of aromatic nitrogens is 2. The van der Waals surface area contributed by atoms with Crippen LogP contribution in [-0.2, 0) is 17.8 Å². The van der Waals surface area contributed by atoms with Crippen molar-refractivity contribution >= 4 is 28.5 Å². The van der Waals surface area contributed by atoms with E-state index in [1.165, 1.54) is 0 Å². The Labute approximate surface area is 198 Å². The summed E-state index contributed by atoms with van der Waals surface area (Å²) in [5.41, 5.74) is 3.85. The number of fused-ring (bicyclic) bond motifs is 1. The fourth-order valence-corrected chi connectivity index (χ4v) is 4.02. The fraction of sp³-hybridized carbons (Fsp3) is 0.231. The summed E-state index contributed by atoms with van der Waals surface area (Å²) in [5.74, 6) is 1.93. The van der Waals surface area contributed by atoms with Crippen LogP contribution in [-0.4, -0.2) is 29.7 Å². The van der Waals surface area contributed by atoms with Crippen LogP contribution in [0.3, 0.4) is 0 Å². The SMILES string of the molecule is COc1ccc(CC(=O)NC(C)c2nc3ccccc3n2Cc2ccc(Cl)cc2)cc1OC. The van der Waals surface area contributed by atoms with Gasteiger partial charge in [-0.25, -0.2) is 4.98 Å². The highest BCUT2D eigenvalue weighted by Gasteiger charge is 2.19. The number of nitrogens with one attached hydrogen (secondary N) is 1. The van der Waals surface area contributed by atoms with E-state index in [1.54, 1.807) is 20.3 Å². The van der Waals surface area contributed by atoms with Gasteiger partial charge in [0.1, 0.15) is 5.82 Å². The number of amides is 1. The highest BCUT2D eigenvalue weighted by Crippen LogP contribution is 2.28. The lowest BCUT2D eigenvalue weighted by molar-refractivity contribution is -0.121. The molecule has 1 N–H and O–H groups in total. The highest BCUT2D eigenvalue weighted by atomic mass is 35.5. The van der Waals surface area contributed by atoms with Gasteiger partial charge in [0, 0.05) is 11.6 Å². The van der Waals surface area contributed by atoms with E-state index in [0.717, 1.165) is 28.0 Å². The first-order valence-corrected chi connectivity index (χ1v) is 11.1. The number of carbonyl (C=O) groups is 1. The summed E-state index contributed by atoms with van der Waals surface area (Å²) in [6, 6.07) is 20.9. The van der Waals surface area contributed by atoms with Gasteiger partial charge in [0.2, 0.25) is 5.91 Å². The Morgan fingerprint density at radius 1 is 1.00 bits per heavy atom. The molecule has 6 nitrogen and oxygen atoms in total. The van der Waals surface area contributed by atoms with Gasteiger partial charge in [0.15, 0.2) is 11.5 Å². The minimum atomic E-state index is -0.280. The molecule has 33 heavy (non-hydrogen) atoms. The normalized spacial score (nSPS) is 11.9. The number of carbonyl (C=O) groups excluding carboxylic acids is 1. The Kier molecular flexibility index (Phi) is 6.84. The molecule has 3 aromatic carbocycles. The largest absolute Gasteiger partial charge is 0.493 e. The van der Waals surface area contributed by atoms with Crippen molar-refractivity contribution in [2.75, 3.05) is 14.2 Å². The van der Waals surface area contributed by atoms with E-state index in [0.29, 0.717) is 23.1 Å². The zero-order valence-electron chi connectivity index (χ0n) is 18.8. The summed E-state index contributed by atoms with van der Waals surface area (Å²) in [6.45, 7) is 2.58. The van der Waals surface area contributed by atoms with Gasteiger partial charge in [-0.3, -0.25) is 4.79 Å². The van der Waals surface area contributed by atoms with Crippen LogP contribution in [0.4, 0.5) is 0 Å². The van der Waals surface area contributed by atoms with Crippen molar-refractivity contribution in [2.24, 2.45) is 0 Å². The zero-order chi connectivity index (χ0) is 23.4. The Balaban J connectivity index is 1.55. The predicted octanol–water partition coefficient (Wildman–Crippen LogP) is 5.18. The molecule has 0 fully saturated rings. The third-order valence-corrected chi connectivity index (χ3v) is 5.77. The van der Waals surface area contributed by atoms with Gasteiger partial charge in [-0.05, 0) is 54.4 Å². The van der Waals surface area contributed by atoms with E-state index in [9.17, 15) is 4.79 Å². The summed E-state index contributed by atoms with van der Waals surface area (Å²) in [7, 11) is 3.16. The van der Waals surface area contributed by atoms with Crippen LogP contribution in [0.2, 0.25) is 5.02 Å². The summed E-state index contributed by atoms with van der Waals surface area (Å²) in [4.78, 5) is 17.7. The molecule has 0 aliphatic rings. The van der Waals surface area contributed by atoms with Crippen LogP contribution < -0.4 is 14.8 Å². The maximum absolute atomic E-state index is 12.8. The molecular weight excluding hydrogens is 438 g/mol. The summed E-state index contributed by atoms with van der Waals surface area (Å²) in [6.07, 6.45) is 0.224. The lowest BCUT2D eigenvalue weighted by Gasteiger charge is -2.17. The number of nitrogens with zero attached hydrogens (tertiary/aromatic N) is 2. The lowest BCUT2D eigenvalue weighted by atomic mass is 10.1. The average molecular weight is 464 g/mol. The molecule has 1 heterocycles. The lowest BCUT2D eigenvalue weighted by Crippen LogP contribution is -2.30. The number of para-hydroxylation sites is 2. The molecule has 1 atom stereocenters. The van der Waals surface area contributed by atoms with Crippen LogP contribution in [0.15, 0.2) is 66.7 Å². The molecule has 7 heteroatoms. The molecule has 4 aromatic rings. The number of hydrogen-bond acceptors (Lipinski definition) is 4. The van der Waals surface area contributed by atoms with Crippen LogP contribution in [0, 0.1) is 0 Å². The van der Waals surface area contributed by atoms with E-state index in [1.807, 2.05) is 67.6 Å². The Morgan fingerprint density at radius 2 is 1.70 bits per heavy atom. The number of rotatable bonds is 8.